The summed E-state index contributed by atoms with van der Waals surface area (Å²) in [4.78, 5) is 13.3. The smallest absolute Gasteiger partial charge is 0.317 e. The van der Waals surface area contributed by atoms with Gasteiger partial charge in [0.1, 0.15) is 0 Å². The Labute approximate surface area is 122 Å². The van der Waals surface area contributed by atoms with Gasteiger partial charge in [-0.2, -0.15) is 0 Å². The summed E-state index contributed by atoms with van der Waals surface area (Å²) < 4.78 is 1.04. The summed E-state index contributed by atoms with van der Waals surface area (Å²) in [5.74, 6) is -0.742. The third-order valence-corrected chi connectivity index (χ3v) is 4.43. The lowest BCUT2D eigenvalue weighted by molar-refractivity contribution is -0.139. The molecule has 1 atom stereocenters. The van der Waals surface area contributed by atoms with Crippen molar-refractivity contribution in [3.63, 3.8) is 0 Å². The molecule has 1 saturated carbocycles. The van der Waals surface area contributed by atoms with E-state index in [0.717, 1.165) is 17.3 Å². The fourth-order valence-corrected chi connectivity index (χ4v) is 3.35. The molecular weight excluding hydrogens is 306 g/mol. The molecule has 19 heavy (non-hydrogen) atoms. The van der Waals surface area contributed by atoms with E-state index in [1.54, 1.807) is 0 Å². The summed E-state index contributed by atoms with van der Waals surface area (Å²) in [6, 6.07) is 8.69. The summed E-state index contributed by atoms with van der Waals surface area (Å²) in [5, 5.41) is 9.14. The average Bonchev–Trinajstić information content (AvgIpc) is 2.88. The first-order valence-electron chi connectivity index (χ1n) is 6.81. The van der Waals surface area contributed by atoms with Crippen molar-refractivity contribution in [3.05, 3.63) is 34.3 Å². The minimum absolute atomic E-state index is 0.123. The van der Waals surface area contributed by atoms with E-state index >= 15 is 0 Å². The number of halogens is 1. The van der Waals surface area contributed by atoms with Gasteiger partial charge in [-0.25, -0.2) is 0 Å². The second-order valence-corrected chi connectivity index (χ2v) is 6.15. The molecule has 1 N–H and O–H groups in total. The first-order chi connectivity index (χ1) is 9.08. The van der Waals surface area contributed by atoms with Gasteiger partial charge >= 0.3 is 5.97 Å². The minimum Gasteiger partial charge on any atom is -0.480 e. The first kappa shape index (κ1) is 14.5. The zero-order valence-corrected chi connectivity index (χ0v) is 12.8. The molecule has 0 heterocycles. The SMILES string of the molecule is CC(c1cccc(Br)c1)N(CC(=O)O)C1CCCC1. The molecule has 3 nitrogen and oxygen atoms in total. The molecule has 1 aromatic rings. The summed E-state index contributed by atoms with van der Waals surface area (Å²) >= 11 is 3.48. The second kappa shape index (κ2) is 6.53. The summed E-state index contributed by atoms with van der Waals surface area (Å²) in [6.07, 6.45) is 4.66. The molecule has 1 aliphatic carbocycles. The highest BCUT2D eigenvalue weighted by atomic mass is 79.9. The molecule has 0 radical (unpaired) electrons. The van der Waals surface area contributed by atoms with E-state index in [4.69, 9.17) is 5.11 Å². The molecule has 0 aromatic heterocycles. The summed E-state index contributed by atoms with van der Waals surface area (Å²) in [6.45, 7) is 2.22. The van der Waals surface area contributed by atoms with Crippen LogP contribution in [-0.4, -0.2) is 28.6 Å². The van der Waals surface area contributed by atoms with Crippen molar-refractivity contribution in [2.75, 3.05) is 6.54 Å². The van der Waals surface area contributed by atoms with E-state index in [-0.39, 0.29) is 12.6 Å². The zero-order chi connectivity index (χ0) is 13.8. The van der Waals surface area contributed by atoms with E-state index in [9.17, 15) is 4.79 Å². The predicted molar refractivity (Wildman–Crippen MR) is 79.2 cm³/mol. The third kappa shape index (κ3) is 3.80. The van der Waals surface area contributed by atoms with Crippen LogP contribution in [0.5, 0.6) is 0 Å². The highest BCUT2D eigenvalue weighted by molar-refractivity contribution is 9.10. The van der Waals surface area contributed by atoms with Gasteiger partial charge in [0, 0.05) is 16.6 Å². The number of carbonyl (C=O) groups is 1. The zero-order valence-electron chi connectivity index (χ0n) is 11.2. The van der Waals surface area contributed by atoms with Crippen molar-refractivity contribution in [1.82, 2.24) is 4.90 Å². The van der Waals surface area contributed by atoms with Crippen molar-refractivity contribution in [2.45, 2.75) is 44.7 Å². The number of hydrogen-bond donors (Lipinski definition) is 1. The van der Waals surface area contributed by atoms with Crippen molar-refractivity contribution in [1.29, 1.82) is 0 Å². The summed E-state index contributed by atoms with van der Waals surface area (Å²) in [5.41, 5.74) is 1.17. The molecule has 104 valence electrons. The van der Waals surface area contributed by atoms with Crippen LogP contribution >= 0.6 is 15.9 Å². The van der Waals surface area contributed by atoms with Gasteiger partial charge in [0.2, 0.25) is 0 Å². The van der Waals surface area contributed by atoms with Crippen LogP contribution in [0.1, 0.15) is 44.2 Å². The highest BCUT2D eigenvalue weighted by Crippen LogP contribution is 2.31. The number of aliphatic carboxylic acids is 1. The van der Waals surface area contributed by atoms with Crippen molar-refractivity contribution >= 4 is 21.9 Å². The standard InChI is InChI=1S/C15H20BrNO2/c1-11(12-5-4-6-13(16)9-12)17(10-15(18)19)14-7-2-3-8-14/h4-6,9,11,14H,2-3,7-8,10H2,1H3,(H,18,19). The Morgan fingerprint density at radius 2 is 2.16 bits per heavy atom. The van der Waals surface area contributed by atoms with E-state index in [1.165, 1.54) is 18.4 Å². The molecule has 1 unspecified atom stereocenters. The quantitative estimate of drug-likeness (QED) is 0.894. The van der Waals surface area contributed by atoms with Gasteiger partial charge in [-0.1, -0.05) is 40.9 Å². The Bertz CT molecular complexity index is 444. The molecule has 1 aliphatic rings. The lowest BCUT2D eigenvalue weighted by atomic mass is 10.0. The molecule has 0 spiro atoms. The van der Waals surface area contributed by atoms with Crippen LogP contribution in [0, 0.1) is 0 Å². The normalized spacial score (nSPS) is 17.8. The van der Waals surface area contributed by atoms with Crippen molar-refractivity contribution in [3.8, 4) is 0 Å². The maximum atomic E-state index is 11.1. The number of benzene rings is 1. The van der Waals surface area contributed by atoms with Gasteiger partial charge in [-0.3, -0.25) is 9.69 Å². The van der Waals surface area contributed by atoms with Gasteiger partial charge in [-0.15, -0.1) is 0 Å². The number of carboxylic acids is 1. The molecule has 0 aliphatic heterocycles. The number of nitrogens with zero attached hydrogens (tertiary/aromatic N) is 1. The molecule has 2 rings (SSSR count). The average molecular weight is 326 g/mol. The van der Waals surface area contributed by atoms with Crippen LogP contribution in [0.4, 0.5) is 0 Å². The minimum atomic E-state index is -0.742. The maximum Gasteiger partial charge on any atom is 0.317 e. The van der Waals surface area contributed by atoms with Gasteiger partial charge < -0.3 is 5.11 Å². The molecule has 4 heteroatoms. The number of hydrogen-bond acceptors (Lipinski definition) is 2. The largest absolute Gasteiger partial charge is 0.480 e. The van der Waals surface area contributed by atoms with E-state index in [0.29, 0.717) is 6.04 Å². The van der Waals surface area contributed by atoms with Crippen molar-refractivity contribution in [2.24, 2.45) is 0 Å². The van der Waals surface area contributed by atoms with Gasteiger partial charge in [0.05, 0.1) is 6.54 Å². The Hall–Kier alpha value is -0.870. The highest BCUT2D eigenvalue weighted by Gasteiger charge is 2.28. The van der Waals surface area contributed by atoms with Crippen LogP contribution < -0.4 is 0 Å². The van der Waals surface area contributed by atoms with Crippen LogP contribution in [0.2, 0.25) is 0 Å². The lowest BCUT2D eigenvalue weighted by Crippen LogP contribution is -2.39. The number of carboxylic acid groups (broad SMARTS) is 1. The third-order valence-electron chi connectivity index (χ3n) is 3.94. The molecular formula is C15H20BrNO2. The molecule has 0 amide bonds. The Balaban J connectivity index is 2.18. The fraction of sp³-hybridized carbons (Fsp3) is 0.533. The molecule has 1 fully saturated rings. The Kier molecular flexibility index (Phi) is 4.99. The maximum absolute atomic E-state index is 11.1. The van der Waals surface area contributed by atoms with Crippen LogP contribution in [0.3, 0.4) is 0 Å². The molecule has 0 saturated heterocycles. The van der Waals surface area contributed by atoms with Gasteiger partial charge in [0.25, 0.3) is 0 Å². The molecule has 0 bridgehead atoms. The Morgan fingerprint density at radius 3 is 2.74 bits per heavy atom. The fourth-order valence-electron chi connectivity index (χ4n) is 2.93. The van der Waals surface area contributed by atoms with E-state index in [1.807, 2.05) is 12.1 Å². The Morgan fingerprint density at radius 1 is 1.47 bits per heavy atom. The predicted octanol–water partition coefficient (Wildman–Crippen LogP) is 3.84. The van der Waals surface area contributed by atoms with Crippen molar-refractivity contribution < 1.29 is 9.90 Å². The van der Waals surface area contributed by atoms with Gasteiger partial charge in [0.15, 0.2) is 0 Å². The summed E-state index contributed by atoms with van der Waals surface area (Å²) in [7, 11) is 0. The molecule has 1 aromatic carbocycles. The monoisotopic (exact) mass is 325 g/mol. The van der Waals surface area contributed by atoms with Crippen LogP contribution in [0.15, 0.2) is 28.7 Å². The van der Waals surface area contributed by atoms with E-state index in [2.05, 4.69) is 39.9 Å². The lowest BCUT2D eigenvalue weighted by Gasteiger charge is -2.33. The topological polar surface area (TPSA) is 40.5 Å². The van der Waals surface area contributed by atoms with Crippen LogP contribution in [0.25, 0.3) is 0 Å². The van der Waals surface area contributed by atoms with Crippen LogP contribution in [-0.2, 0) is 4.79 Å². The number of rotatable bonds is 5. The van der Waals surface area contributed by atoms with E-state index < -0.39 is 5.97 Å². The second-order valence-electron chi connectivity index (χ2n) is 5.24. The van der Waals surface area contributed by atoms with Gasteiger partial charge in [-0.05, 0) is 37.5 Å². The first-order valence-corrected chi connectivity index (χ1v) is 7.60.